The average molecular weight is 247 g/mol. The minimum atomic E-state index is 0.334. The van der Waals surface area contributed by atoms with Crippen molar-refractivity contribution in [2.45, 2.75) is 38.8 Å². The number of nitrogens with one attached hydrogen (secondary N) is 1. The zero-order valence-electron chi connectivity index (χ0n) is 9.13. The number of nitrogens with two attached hydrogens (primary N) is 1. The van der Waals surface area contributed by atoms with Crippen molar-refractivity contribution in [2.75, 3.05) is 6.54 Å². The summed E-state index contributed by atoms with van der Waals surface area (Å²) in [6.07, 6.45) is 3.52. The molecule has 1 unspecified atom stereocenters. The summed E-state index contributed by atoms with van der Waals surface area (Å²) in [6.45, 7) is 4.04. The predicted molar refractivity (Wildman–Crippen MR) is 68.5 cm³/mol. The summed E-state index contributed by atoms with van der Waals surface area (Å²) in [4.78, 5) is 1.30. The molecule has 0 bridgehead atoms. The van der Waals surface area contributed by atoms with Crippen LogP contribution in [0.15, 0.2) is 12.1 Å². The first-order valence-electron chi connectivity index (χ1n) is 5.39. The second-order valence-corrected chi connectivity index (χ2v) is 5.66. The molecular weight excluding hydrogens is 228 g/mol. The zero-order chi connectivity index (χ0) is 11.1. The molecule has 0 fully saturated rings. The third-order valence-corrected chi connectivity index (χ3v) is 3.42. The minimum Gasteiger partial charge on any atom is -0.328 e. The molecule has 1 aromatic rings. The average Bonchev–Trinajstić information content (AvgIpc) is 2.57. The summed E-state index contributed by atoms with van der Waals surface area (Å²) in [6, 6.07) is 4.35. The number of unbranched alkanes of at least 4 members (excludes halogenated alkanes) is 1. The lowest BCUT2D eigenvalue weighted by molar-refractivity contribution is 0.565. The van der Waals surface area contributed by atoms with E-state index < -0.39 is 0 Å². The van der Waals surface area contributed by atoms with E-state index in [4.69, 9.17) is 17.3 Å². The molecule has 86 valence electrons. The molecule has 0 spiro atoms. The van der Waals surface area contributed by atoms with Gasteiger partial charge in [0.1, 0.15) is 0 Å². The lowest BCUT2D eigenvalue weighted by atomic mass is 10.1. The van der Waals surface area contributed by atoms with E-state index in [9.17, 15) is 0 Å². The van der Waals surface area contributed by atoms with Crippen LogP contribution in [0.25, 0.3) is 0 Å². The van der Waals surface area contributed by atoms with Crippen LogP contribution in [0.2, 0.25) is 4.34 Å². The Kier molecular flexibility index (Phi) is 6.25. The van der Waals surface area contributed by atoms with Crippen molar-refractivity contribution in [2.24, 2.45) is 5.73 Å². The molecule has 0 amide bonds. The minimum absolute atomic E-state index is 0.334. The van der Waals surface area contributed by atoms with Crippen LogP contribution in [-0.4, -0.2) is 12.6 Å². The Bertz CT molecular complexity index is 273. The number of thiophene rings is 1. The lowest BCUT2D eigenvalue weighted by Crippen LogP contribution is -2.17. The molecule has 3 N–H and O–H groups in total. The Hall–Kier alpha value is -0.0900. The Labute approximate surface area is 101 Å². The molecule has 0 aromatic carbocycles. The van der Waals surface area contributed by atoms with E-state index in [2.05, 4.69) is 18.3 Å². The van der Waals surface area contributed by atoms with Gasteiger partial charge in [-0.3, -0.25) is 0 Å². The first-order chi connectivity index (χ1) is 7.18. The van der Waals surface area contributed by atoms with E-state index in [-0.39, 0.29) is 0 Å². The van der Waals surface area contributed by atoms with Gasteiger partial charge < -0.3 is 11.1 Å². The molecule has 0 radical (unpaired) electrons. The van der Waals surface area contributed by atoms with E-state index in [0.29, 0.717) is 6.04 Å². The van der Waals surface area contributed by atoms with Gasteiger partial charge in [-0.25, -0.2) is 0 Å². The Morgan fingerprint density at radius 3 is 2.87 bits per heavy atom. The number of hydrogen-bond donors (Lipinski definition) is 2. The number of halogens is 1. The van der Waals surface area contributed by atoms with Crippen molar-refractivity contribution in [1.29, 1.82) is 0 Å². The van der Waals surface area contributed by atoms with Crippen molar-refractivity contribution in [3.05, 3.63) is 21.3 Å². The fourth-order valence-corrected chi connectivity index (χ4v) is 2.43. The van der Waals surface area contributed by atoms with Gasteiger partial charge in [-0.2, -0.15) is 0 Å². The molecule has 0 saturated carbocycles. The van der Waals surface area contributed by atoms with Gasteiger partial charge >= 0.3 is 0 Å². The molecule has 1 aromatic heterocycles. The summed E-state index contributed by atoms with van der Waals surface area (Å²) in [5.41, 5.74) is 5.67. The van der Waals surface area contributed by atoms with Crippen molar-refractivity contribution in [3.63, 3.8) is 0 Å². The highest BCUT2D eigenvalue weighted by molar-refractivity contribution is 7.16. The summed E-state index contributed by atoms with van der Waals surface area (Å²) < 4.78 is 0.865. The maximum absolute atomic E-state index is 5.83. The summed E-state index contributed by atoms with van der Waals surface area (Å²) >= 11 is 7.47. The van der Waals surface area contributed by atoms with Crippen LogP contribution in [0.4, 0.5) is 0 Å². The molecule has 1 heterocycles. The summed E-state index contributed by atoms with van der Waals surface area (Å²) in [5.74, 6) is 0. The fourth-order valence-electron chi connectivity index (χ4n) is 1.37. The van der Waals surface area contributed by atoms with Gasteiger partial charge in [0.15, 0.2) is 0 Å². The Morgan fingerprint density at radius 1 is 1.47 bits per heavy atom. The van der Waals surface area contributed by atoms with Crippen molar-refractivity contribution in [3.8, 4) is 0 Å². The van der Waals surface area contributed by atoms with Gasteiger partial charge in [0.25, 0.3) is 0 Å². The van der Waals surface area contributed by atoms with Gasteiger partial charge in [-0.05, 0) is 38.4 Å². The molecule has 0 aliphatic rings. The van der Waals surface area contributed by atoms with Crippen molar-refractivity contribution < 1.29 is 0 Å². The predicted octanol–water partition coefficient (Wildman–Crippen LogP) is 3.01. The third kappa shape index (κ3) is 6.15. The smallest absolute Gasteiger partial charge is 0.0931 e. The highest BCUT2D eigenvalue weighted by atomic mass is 35.5. The van der Waals surface area contributed by atoms with Gasteiger partial charge in [0.05, 0.1) is 4.34 Å². The van der Waals surface area contributed by atoms with E-state index in [1.165, 1.54) is 17.7 Å². The van der Waals surface area contributed by atoms with Crippen LogP contribution in [0.5, 0.6) is 0 Å². The molecule has 1 rings (SSSR count). The molecule has 1 atom stereocenters. The monoisotopic (exact) mass is 246 g/mol. The molecule has 2 nitrogen and oxygen atoms in total. The zero-order valence-corrected chi connectivity index (χ0v) is 10.7. The Morgan fingerprint density at radius 2 is 2.27 bits per heavy atom. The molecule has 0 aliphatic carbocycles. The van der Waals surface area contributed by atoms with Crippen LogP contribution >= 0.6 is 22.9 Å². The van der Waals surface area contributed by atoms with Gasteiger partial charge in [0.2, 0.25) is 0 Å². The fraction of sp³-hybridized carbons (Fsp3) is 0.636. The largest absolute Gasteiger partial charge is 0.328 e. The first-order valence-corrected chi connectivity index (χ1v) is 6.58. The number of hydrogen-bond acceptors (Lipinski definition) is 3. The van der Waals surface area contributed by atoms with E-state index in [1.54, 1.807) is 11.3 Å². The summed E-state index contributed by atoms with van der Waals surface area (Å²) in [5, 5.41) is 3.40. The van der Waals surface area contributed by atoms with Crippen LogP contribution in [0.3, 0.4) is 0 Å². The molecule has 15 heavy (non-hydrogen) atoms. The van der Waals surface area contributed by atoms with Crippen molar-refractivity contribution in [1.82, 2.24) is 5.32 Å². The maximum Gasteiger partial charge on any atom is 0.0931 e. The van der Waals surface area contributed by atoms with Crippen LogP contribution in [0, 0.1) is 0 Å². The summed E-state index contributed by atoms with van der Waals surface area (Å²) in [7, 11) is 0. The maximum atomic E-state index is 5.83. The van der Waals surface area contributed by atoms with Crippen LogP contribution in [0.1, 0.15) is 31.1 Å². The molecular formula is C11H19ClN2S. The van der Waals surface area contributed by atoms with E-state index in [0.717, 1.165) is 23.8 Å². The van der Waals surface area contributed by atoms with Crippen molar-refractivity contribution >= 4 is 22.9 Å². The van der Waals surface area contributed by atoms with E-state index in [1.807, 2.05) is 6.07 Å². The normalized spacial score (nSPS) is 13.0. The standard InChI is InChI=1S/C11H19ClN2S/c1-9(13)4-2-3-7-14-8-10-5-6-11(12)15-10/h5-6,9,14H,2-4,7-8,13H2,1H3. The van der Waals surface area contributed by atoms with E-state index >= 15 is 0 Å². The molecule has 4 heteroatoms. The highest BCUT2D eigenvalue weighted by Crippen LogP contribution is 2.20. The molecule has 0 saturated heterocycles. The van der Waals surface area contributed by atoms with Gasteiger partial charge in [-0.1, -0.05) is 18.0 Å². The highest BCUT2D eigenvalue weighted by Gasteiger charge is 1.97. The Balaban J connectivity index is 1.98. The second kappa shape index (κ2) is 7.23. The second-order valence-electron chi connectivity index (χ2n) is 3.86. The SMILES string of the molecule is CC(N)CCCCNCc1ccc(Cl)s1. The first kappa shape index (κ1) is 13.0. The van der Waals surface area contributed by atoms with Crippen LogP contribution < -0.4 is 11.1 Å². The topological polar surface area (TPSA) is 38.0 Å². The van der Waals surface area contributed by atoms with Gasteiger partial charge in [0, 0.05) is 17.5 Å². The number of rotatable bonds is 7. The lowest BCUT2D eigenvalue weighted by Gasteiger charge is -2.05. The third-order valence-electron chi connectivity index (χ3n) is 2.19. The molecule has 0 aliphatic heterocycles. The van der Waals surface area contributed by atoms with Crippen LogP contribution in [-0.2, 0) is 6.54 Å². The quantitative estimate of drug-likeness (QED) is 0.726. The van der Waals surface area contributed by atoms with Gasteiger partial charge in [-0.15, -0.1) is 11.3 Å².